The van der Waals surface area contributed by atoms with E-state index in [2.05, 4.69) is 10.3 Å². The van der Waals surface area contributed by atoms with Crippen molar-refractivity contribution in [2.45, 2.75) is 13.3 Å². The summed E-state index contributed by atoms with van der Waals surface area (Å²) < 4.78 is 5.09. The Balaban J connectivity index is 2.61. The van der Waals surface area contributed by atoms with Gasteiger partial charge < -0.3 is 25.4 Å². The molecule has 1 heterocycles. The number of hydrogen-bond donors (Lipinski definition) is 5. The van der Waals surface area contributed by atoms with Crippen LogP contribution in [0.3, 0.4) is 0 Å². The molecule has 5 N–H and O–H groups in total. The highest BCUT2D eigenvalue weighted by molar-refractivity contribution is 6.01. The number of ether oxygens (including phenoxy) is 1. The van der Waals surface area contributed by atoms with Crippen LogP contribution in [0.5, 0.6) is 5.75 Å². The zero-order valence-corrected chi connectivity index (χ0v) is 12.6. The van der Waals surface area contributed by atoms with Gasteiger partial charge in [-0.3, -0.25) is 4.79 Å². The van der Waals surface area contributed by atoms with Gasteiger partial charge in [0.2, 0.25) is 5.91 Å². The fraction of sp³-hybridized carbons (Fsp3) is 0.286. The van der Waals surface area contributed by atoms with Crippen molar-refractivity contribution in [1.29, 1.82) is 0 Å². The monoisotopic (exact) mass is 323 g/mol. The number of H-pyrrole nitrogens is 1. The number of nitrogens with one attached hydrogen (secondary N) is 3. The van der Waals surface area contributed by atoms with Crippen LogP contribution < -0.4 is 15.3 Å². The number of aromatic carboxylic acids is 1. The standard InChI is InChI=1S/C14H17N3O6/c1-7(18)15-4-3-9-10-5-8(23-2)6-11(17(21)22)12(10)16-13(9)14(19)20/h5-6,16-17,21H,3-4H2,1-2H3,(H,15,18)(H,19,20). The zero-order valence-electron chi connectivity index (χ0n) is 12.6. The van der Waals surface area contributed by atoms with Gasteiger partial charge in [0.15, 0.2) is 5.69 Å². The average Bonchev–Trinajstić information content (AvgIpc) is 2.84. The molecule has 1 atom stereocenters. The van der Waals surface area contributed by atoms with Crippen molar-refractivity contribution in [3.8, 4) is 5.75 Å². The Labute approximate surface area is 131 Å². The molecular formula is C14H17N3O6. The van der Waals surface area contributed by atoms with E-state index in [1.165, 1.54) is 20.1 Å². The predicted molar refractivity (Wildman–Crippen MR) is 80.0 cm³/mol. The number of amides is 1. The second-order valence-electron chi connectivity index (χ2n) is 4.92. The van der Waals surface area contributed by atoms with Gasteiger partial charge in [-0.15, -0.1) is 0 Å². The van der Waals surface area contributed by atoms with Gasteiger partial charge in [-0.05, 0) is 18.1 Å². The van der Waals surface area contributed by atoms with Crippen LogP contribution in [0.4, 0.5) is 5.69 Å². The number of carboxylic acids is 1. The summed E-state index contributed by atoms with van der Waals surface area (Å²) in [5.74, 6) is -1.12. The van der Waals surface area contributed by atoms with Crippen LogP contribution in [0.25, 0.3) is 10.9 Å². The number of quaternary nitrogens is 1. The first kappa shape index (κ1) is 16.7. The Morgan fingerprint density at radius 1 is 1.43 bits per heavy atom. The minimum absolute atomic E-state index is 0.0763. The molecule has 0 bridgehead atoms. The van der Waals surface area contributed by atoms with E-state index >= 15 is 0 Å². The van der Waals surface area contributed by atoms with Crippen LogP contribution in [0.1, 0.15) is 23.0 Å². The highest BCUT2D eigenvalue weighted by Crippen LogP contribution is 2.31. The third kappa shape index (κ3) is 3.42. The van der Waals surface area contributed by atoms with E-state index in [1.54, 1.807) is 6.07 Å². The third-order valence-electron chi connectivity index (χ3n) is 3.42. The van der Waals surface area contributed by atoms with E-state index in [-0.39, 0.29) is 35.8 Å². The Morgan fingerprint density at radius 3 is 2.65 bits per heavy atom. The van der Waals surface area contributed by atoms with Gasteiger partial charge in [-0.1, -0.05) is 0 Å². The Bertz CT molecular complexity index is 753. The molecule has 9 nitrogen and oxygen atoms in total. The maximum Gasteiger partial charge on any atom is 0.352 e. The summed E-state index contributed by atoms with van der Waals surface area (Å²) in [4.78, 5) is 25.0. The highest BCUT2D eigenvalue weighted by atomic mass is 16.8. The zero-order chi connectivity index (χ0) is 17.1. The number of carbonyl (C=O) groups excluding carboxylic acids is 1. The minimum atomic E-state index is -1.20. The topological polar surface area (TPSA) is 139 Å². The van der Waals surface area contributed by atoms with Gasteiger partial charge in [-0.2, -0.15) is 5.23 Å². The molecule has 1 aromatic heterocycles. The number of carbonyl (C=O) groups is 2. The van der Waals surface area contributed by atoms with Crippen molar-refractivity contribution in [3.05, 3.63) is 28.6 Å². The van der Waals surface area contributed by atoms with Gasteiger partial charge in [0.25, 0.3) is 0 Å². The number of carboxylic acid groups (broad SMARTS) is 1. The minimum Gasteiger partial charge on any atom is -0.595 e. The molecule has 23 heavy (non-hydrogen) atoms. The average molecular weight is 323 g/mol. The van der Waals surface area contributed by atoms with E-state index in [0.29, 0.717) is 16.7 Å². The molecule has 0 aliphatic rings. The van der Waals surface area contributed by atoms with Gasteiger partial charge in [-0.25, -0.2) is 10.0 Å². The molecule has 0 saturated heterocycles. The lowest BCUT2D eigenvalue weighted by atomic mass is 10.1. The van der Waals surface area contributed by atoms with Crippen molar-refractivity contribution in [2.75, 3.05) is 13.7 Å². The molecule has 0 aliphatic carbocycles. The smallest absolute Gasteiger partial charge is 0.352 e. The number of fused-ring (bicyclic) bond motifs is 1. The predicted octanol–water partition coefficient (Wildman–Crippen LogP) is -0.0433. The molecule has 0 aliphatic heterocycles. The molecule has 1 unspecified atom stereocenters. The van der Waals surface area contributed by atoms with Crippen molar-refractivity contribution < 1.29 is 29.9 Å². The maximum absolute atomic E-state index is 11.4. The molecule has 0 spiro atoms. The molecule has 124 valence electrons. The van der Waals surface area contributed by atoms with Crippen LogP contribution in [-0.2, 0) is 11.2 Å². The van der Waals surface area contributed by atoms with Crippen LogP contribution >= 0.6 is 0 Å². The van der Waals surface area contributed by atoms with Crippen molar-refractivity contribution >= 4 is 28.5 Å². The normalized spacial score (nSPS) is 12.2. The van der Waals surface area contributed by atoms with E-state index in [4.69, 9.17) is 4.74 Å². The highest BCUT2D eigenvalue weighted by Gasteiger charge is 2.22. The lowest BCUT2D eigenvalue weighted by Crippen LogP contribution is -2.99. The van der Waals surface area contributed by atoms with Gasteiger partial charge >= 0.3 is 5.97 Å². The first-order valence-corrected chi connectivity index (χ1v) is 6.78. The van der Waals surface area contributed by atoms with E-state index in [9.17, 15) is 25.1 Å². The summed E-state index contributed by atoms with van der Waals surface area (Å²) >= 11 is 0. The fourth-order valence-corrected chi connectivity index (χ4v) is 2.42. The van der Waals surface area contributed by atoms with Crippen LogP contribution in [-0.4, -0.2) is 40.8 Å². The van der Waals surface area contributed by atoms with Crippen LogP contribution in [0.2, 0.25) is 0 Å². The lowest BCUT2D eigenvalue weighted by Gasteiger charge is -2.13. The molecule has 2 rings (SSSR count). The van der Waals surface area contributed by atoms with E-state index < -0.39 is 11.2 Å². The number of rotatable bonds is 6. The largest absolute Gasteiger partial charge is 0.595 e. The fourth-order valence-electron chi connectivity index (χ4n) is 2.42. The molecule has 2 aromatic rings. The Hall–Kier alpha value is -2.62. The van der Waals surface area contributed by atoms with Crippen LogP contribution in [0, 0.1) is 5.21 Å². The second-order valence-corrected chi connectivity index (χ2v) is 4.92. The maximum atomic E-state index is 11.4. The lowest BCUT2D eigenvalue weighted by molar-refractivity contribution is -0.990. The summed E-state index contributed by atoms with van der Waals surface area (Å²) in [5, 5.41) is 31.9. The van der Waals surface area contributed by atoms with Crippen molar-refractivity contribution in [3.63, 3.8) is 0 Å². The summed E-state index contributed by atoms with van der Waals surface area (Å²) in [6.45, 7) is 1.60. The first-order valence-electron chi connectivity index (χ1n) is 6.78. The van der Waals surface area contributed by atoms with Crippen LogP contribution in [0.15, 0.2) is 12.1 Å². The quantitative estimate of drug-likeness (QED) is 0.473. The number of aromatic nitrogens is 1. The second kappa shape index (κ2) is 6.65. The third-order valence-corrected chi connectivity index (χ3v) is 3.42. The summed E-state index contributed by atoms with van der Waals surface area (Å²) in [5.41, 5.74) is 0.463. The van der Waals surface area contributed by atoms with Gasteiger partial charge in [0.1, 0.15) is 17.0 Å². The Morgan fingerprint density at radius 2 is 2.13 bits per heavy atom. The number of methoxy groups -OCH3 is 1. The van der Waals surface area contributed by atoms with E-state index in [1.807, 2.05) is 0 Å². The molecular weight excluding hydrogens is 306 g/mol. The van der Waals surface area contributed by atoms with Crippen molar-refractivity contribution in [1.82, 2.24) is 10.3 Å². The molecule has 1 aromatic carbocycles. The molecule has 0 saturated carbocycles. The SMILES string of the molecule is COc1cc([NH+]([O-])O)c2[nH]c(C(=O)O)c(CCNC(C)=O)c2c1. The summed E-state index contributed by atoms with van der Waals surface area (Å²) in [6, 6.07) is 2.90. The van der Waals surface area contributed by atoms with E-state index in [0.717, 1.165) is 0 Å². The van der Waals surface area contributed by atoms with Gasteiger partial charge in [0.05, 0.1) is 7.11 Å². The summed E-state index contributed by atoms with van der Waals surface area (Å²) in [6.07, 6.45) is 0.243. The number of benzene rings is 1. The molecule has 0 fully saturated rings. The van der Waals surface area contributed by atoms with Crippen molar-refractivity contribution in [2.24, 2.45) is 0 Å². The number of aromatic amines is 1. The number of hydrogen-bond acceptors (Lipinski definition) is 5. The molecule has 0 radical (unpaired) electrons. The first-order chi connectivity index (χ1) is 10.8. The van der Waals surface area contributed by atoms with Gasteiger partial charge in [0, 0.05) is 24.9 Å². The Kier molecular flexibility index (Phi) is 4.84. The molecule has 1 amide bonds. The summed E-state index contributed by atoms with van der Waals surface area (Å²) in [7, 11) is 1.40. The molecule has 9 heteroatoms.